The Bertz CT molecular complexity index is 610. The molecule has 1 aromatic carbocycles. The van der Waals surface area contributed by atoms with E-state index in [2.05, 4.69) is 15.7 Å². The molecule has 0 aliphatic rings. The Morgan fingerprint density at radius 3 is 2.70 bits per heavy atom. The second-order valence-electron chi connectivity index (χ2n) is 5.98. The summed E-state index contributed by atoms with van der Waals surface area (Å²) in [4.78, 5) is 11.7. The lowest BCUT2D eigenvalue weighted by molar-refractivity contribution is 0.147. The fraction of sp³-hybridized carbons (Fsp3) is 0.412. The maximum absolute atomic E-state index is 11.7. The molecule has 0 aliphatic heterocycles. The van der Waals surface area contributed by atoms with Gasteiger partial charge in [-0.2, -0.15) is 5.10 Å². The zero-order chi connectivity index (χ0) is 16.7. The lowest BCUT2D eigenvalue weighted by Crippen LogP contribution is -2.39. The molecule has 0 fully saturated rings. The van der Waals surface area contributed by atoms with Crippen molar-refractivity contribution in [1.82, 2.24) is 20.4 Å². The van der Waals surface area contributed by atoms with E-state index < -0.39 is 6.10 Å². The molecule has 6 nitrogen and oxygen atoms in total. The Morgan fingerprint density at radius 1 is 1.26 bits per heavy atom. The minimum Gasteiger partial charge on any atom is -0.391 e. The van der Waals surface area contributed by atoms with Gasteiger partial charge in [-0.3, -0.25) is 0 Å². The lowest BCUT2D eigenvalue weighted by Gasteiger charge is -2.14. The smallest absolute Gasteiger partial charge is 0.315 e. The van der Waals surface area contributed by atoms with E-state index in [1.54, 1.807) is 10.9 Å². The van der Waals surface area contributed by atoms with Crippen LogP contribution in [0, 0.1) is 5.92 Å². The number of hydrogen-bond donors (Lipinski definition) is 3. The Balaban J connectivity index is 1.76. The Kier molecular flexibility index (Phi) is 6.17. The maximum atomic E-state index is 11.7. The van der Waals surface area contributed by atoms with Gasteiger partial charge >= 0.3 is 6.03 Å². The summed E-state index contributed by atoms with van der Waals surface area (Å²) in [6.45, 7) is 4.72. The molecule has 0 radical (unpaired) electrons. The van der Waals surface area contributed by atoms with Crippen LogP contribution in [0.4, 0.5) is 4.79 Å². The molecule has 2 aromatic rings. The van der Waals surface area contributed by atoms with Crippen molar-refractivity contribution in [2.45, 2.75) is 32.9 Å². The van der Waals surface area contributed by atoms with Gasteiger partial charge in [-0.05, 0) is 24.5 Å². The van der Waals surface area contributed by atoms with Crippen molar-refractivity contribution in [1.29, 1.82) is 0 Å². The number of urea groups is 1. The first-order chi connectivity index (χ1) is 11.0. The highest BCUT2D eigenvalue weighted by atomic mass is 16.3. The van der Waals surface area contributed by atoms with Crippen LogP contribution >= 0.6 is 0 Å². The largest absolute Gasteiger partial charge is 0.391 e. The normalized spacial score (nSPS) is 12.2. The molecule has 1 heterocycles. The first kappa shape index (κ1) is 17.0. The summed E-state index contributed by atoms with van der Waals surface area (Å²) in [5, 5.41) is 19.4. The quantitative estimate of drug-likeness (QED) is 0.732. The molecule has 0 spiro atoms. The molecule has 0 saturated heterocycles. The minimum absolute atomic E-state index is 0.257. The third-order valence-corrected chi connectivity index (χ3v) is 3.35. The number of nitrogens with one attached hydrogen (secondary N) is 2. The minimum atomic E-state index is -0.512. The molecule has 1 aromatic heterocycles. The van der Waals surface area contributed by atoms with Gasteiger partial charge < -0.3 is 15.7 Å². The van der Waals surface area contributed by atoms with Crippen molar-refractivity contribution in [3.05, 3.63) is 48.3 Å². The van der Waals surface area contributed by atoms with Crippen LogP contribution in [0.3, 0.4) is 0 Å². The lowest BCUT2D eigenvalue weighted by atomic mass is 10.1. The zero-order valence-electron chi connectivity index (χ0n) is 13.6. The third-order valence-electron chi connectivity index (χ3n) is 3.35. The number of amides is 2. The van der Waals surface area contributed by atoms with Gasteiger partial charge in [0.15, 0.2) is 0 Å². The number of carbonyl (C=O) groups excluding carboxylic acids is 1. The van der Waals surface area contributed by atoms with E-state index in [1.807, 2.05) is 50.4 Å². The van der Waals surface area contributed by atoms with Crippen LogP contribution in [0.25, 0.3) is 5.69 Å². The number of aliphatic hydroxyl groups is 1. The molecule has 124 valence electrons. The number of para-hydroxylation sites is 1. The van der Waals surface area contributed by atoms with Crippen LogP contribution in [0.1, 0.15) is 25.8 Å². The van der Waals surface area contributed by atoms with E-state index in [4.69, 9.17) is 0 Å². The number of hydrogen-bond acceptors (Lipinski definition) is 3. The summed E-state index contributed by atoms with van der Waals surface area (Å²) in [6.07, 6.45) is 3.76. The third kappa shape index (κ3) is 5.75. The summed E-state index contributed by atoms with van der Waals surface area (Å²) >= 11 is 0. The monoisotopic (exact) mass is 316 g/mol. The van der Waals surface area contributed by atoms with Gasteiger partial charge in [-0.1, -0.05) is 32.0 Å². The zero-order valence-corrected chi connectivity index (χ0v) is 13.6. The molecule has 0 saturated carbocycles. The Morgan fingerprint density at radius 2 is 2.00 bits per heavy atom. The first-order valence-corrected chi connectivity index (χ1v) is 7.83. The van der Waals surface area contributed by atoms with Gasteiger partial charge in [0.05, 0.1) is 18.0 Å². The predicted molar refractivity (Wildman–Crippen MR) is 89.3 cm³/mol. The molecular formula is C17H24N4O2. The van der Waals surface area contributed by atoms with Crippen molar-refractivity contribution in [3.63, 3.8) is 0 Å². The average Bonchev–Trinajstić information content (AvgIpc) is 3.00. The summed E-state index contributed by atoms with van der Waals surface area (Å²) < 4.78 is 1.77. The second-order valence-corrected chi connectivity index (χ2v) is 5.98. The molecule has 23 heavy (non-hydrogen) atoms. The molecule has 3 N–H and O–H groups in total. The van der Waals surface area contributed by atoms with Crippen LogP contribution in [-0.2, 0) is 6.54 Å². The van der Waals surface area contributed by atoms with E-state index >= 15 is 0 Å². The summed E-state index contributed by atoms with van der Waals surface area (Å²) in [5.74, 6) is 0.402. The number of nitrogens with zero attached hydrogens (tertiary/aromatic N) is 2. The average molecular weight is 316 g/mol. The standard InChI is InChI=1S/C17H24N4O2/c1-13(2)8-16(22)11-19-17(23)18-9-14-10-20-21(12-14)15-6-4-3-5-7-15/h3-7,10,12-13,16,22H,8-9,11H2,1-2H3,(H2,18,19,23). The number of aliphatic hydroxyl groups excluding tert-OH is 1. The SMILES string of the molecule is CC(C)CC(O)CNC(=O)NCc1cnn(-c2ccccc2)c1. The van der Waals surface area contributed by atoms with Crippen molar-refractivity contribution >= 4 is 6.03 Å². The van der Waals surface area contributed by atoms with Gasteiger partial charge in [-0.15, -0.1) is 0 Å². The van der Waals surface area contributed by atoms with Crippen LogP contribution in [0.5, 0.6) is 0 Å². The highest BCUT2D eigenvalue weighted by molar-refractivity contribution is 5.73. The number of carbonyl (C=O) groups is 1. The van der Waals surface area contributed by atoms with E-state index in [0.29, 0.717) is 18.9 Å². The topological polar surface area (TPSA) is 79.2 Å². The summed E-state index contributed by atoms with van der Waals surface area (Å²) in [5.41, 5.74) is 1.88. The molecule has 0 bridgehead atoms. The maximum Gasteiger partial charge on any atom is 0.315 e. The van der Waals surface area contributed by atoms with E-state index in [9.17, 15) is 9.90 Å². The highest BCUT2D eigenvalue weighted by Gasteiger charge is 2.09. The van der Waals surface area contributed by atoms with Crippen molar-refractivity contribution in [3.8, 4) is 5.69 Å². The van der Waals surface area contributed by atoms with Crippen LogP contribution in [0.15, 0.2) is 42.7 Å². The number of rotatable bonds is 7. The highest BCUT2D eigenvalue weighted by Crippen LogP contribution is 2.07. The molecule has 1 atom stereocenters. The fourth-order valence-corrected chi connectivity index (χ4v) is 2.26. The summed E-state index contributed by atoms with van der Waals surface area (Å²) in [7, 11) is 0. The fourth-order valence-electron chi connectivity index (χ4n) is 2.26. The van der Waals surface area contributed by atoms with Crippen LogP contribution in [0.2, 0.25) is 0 Å². The van der Waals surface area contributed by atoms with E-state index in [1.165, 1.54) is 0 Å². The van der Waals surface area contributed by atoms with Crippen molar-refractivity contribution in [2.24, 2.45) is 5.92 Å². The molecule has 0 aliphatic carbocycles. The molecule has 2 rings (SSSR count). The van der Waals surface area contributed by atoms with Gasteiger partial charge in [0, 0.05) is 24.8 Å². The van der Waals surface area contributed by atoms with E-state index in [0.717, 1.165) is 11.3 Å². The Labute approximate surface area is 136 Å². The van der Waals surface area contributed by atoms with Gasteiger partial charge in [-0.25, -0.2) is 9.48 Å². The van der Waals surface area contributed by atoms with Gasteiger partial charge in [0.25, 0.3) is 0 Å². The van der Waals surface area contributed by atoms with E-state index in [-0.39, 0.29) is 12.6 Å². The summed E-state index contributed by atoms with van der Waals surface area (Å²) in [6, 6.07) is 9.49. The Hall–Kier alpha value is -2.34. The number of benzene rings is 1. The molecular weight excluding hydrogens is 292 g/mol. The predicted octanol–water partition coefficient (Wildman–Crippen LogP) is 2.08. The van der Waals surface area contributed by atoms with Crippen LogP contribution in [-0.4, -0.2) is 33.6 Å². The van der Waals surface area contributed by atoms with Crippen molar-refractivity contribution < 1.29 is 9.90 Å². The first-order valence-electron chi connectivity index (χ1n) is 7.83. The molecule has 6 heteroatoms. The molecule has 1 unspecified atom stereocenters. The molecule has 2 amide bonds. The van der Waals surface area contributed by atoms with Gasteiger partial charge in [0.2, 0.25) is 0 Å². The second kappa shape index (κ2) is 8.33. The van der Waals surface area contributed by atoms with Gasteiger partial charge in [0.1, 0.15) is 0 Å². The van der Waals surface area contributed by atoms with Crippen molar-refractivity contribution in [2.75, 3.05) is 6.54 Å². The number of aromatic nitrogens is 2. The van der Waals surface area contributed by atoms with Crippen LogP contribution < -0.4 is 10.6 Å².